The predicted molar refractivity (Wildman–Crippen MR) is 18.1 cm³/mol. The molecule has 5 heteroatoms. The molecule has 0 atom stereocenters. The fourth-order valence-corrected chi connectivity index (χ4v) is 0. The van der Waals surface area contributed by atoms with Crippen molar-refractivity contribution in [1.29, 1.82) is 0 Å². The first-order chi connectivity index (χ1) is 2.41. The Morgan fingerprint density at radius 2 is 1.40 bits per heavy atom. The summed E-state index contributed by atoms with van der Waals surface area (Å²) in [6.07, 6.45) is 0. The second kappa shape index (κ2) is 17.3. The molecule has 0 unspecified atom stereocenters. The van der Waals surface area contributed by atoms with Crippen LogP contribution in [0.5, 0.6) is 0 Å². The van der Waals surface area contributed by atoms with Crippen LogP contribution in [-0.2, 0) is 15.9 Å². The van der Waals surface area contributed by atoms with Crippen LogP contribution in [0.1, 0.15) is 0 Å². The second-order valence-corrected chi connectivity index (χ2v) is 1.77. The molecule has 1 radical (unpaired) electrons. The van der Waals surface area contributed by atoms with Crippen molar-refractivity contribution in [2.75, 3.05) is 0 Å². The molecule has 1 nitrogen and oxygen atoms in total. The van der Waals surface area contributed by atoms with Crippen molar-refractivity contribution in [1.82, 2.24) is 0 Å². The minimum atomic E-state index is 0.382. The minimum absolute atomic E-state index is 0.382. The van der Waals surface area contributed by atoms with Crippen molar-refractivity contribution < 1.29 is 15.9 Å². The SMILES string of the molecule is [Cl][Co][Cl].[O]=[Sb]. The third-order valence-electron chi connectivity index (χ3n) is 0. The van der Waals surface area contributed by atoms with Crippen LogP contribution < -0.4 is 0 Å². The zero-order valence-electron chi connectivity index (χ0n) is 1.94. The van der Waals surface area contributed by atoms with E-state index < -0.39 is 0 Å². The van der Waals surface area contributed by atoms with Crippen LogP contribution in [0, 0.1) is 0 Å². The topological polar surface area (TPSA) is 17.1 Å². The summed E-state index contributed by atoms with van der Waals surface area (Å²) in [6, 6.07) is 0. The van der Waals surface area contributed by atoms with Gasteiger partial charge in [-0.05, 0) is 0 Å². The van der Waals surface area contributed by atoms with E-state index in [0.717, 1.165) is 0 Å². The van der Waals surface area contributed by atoms with Crippen molar-refractivity contribution >= 4 is 43.3 Å². The van der Waals surface area contributed by atoms with Gasteiger partial charge in [0.15, 0.2) is 0 Å². The van der Waals surface area contributed by atoms with Gasteiger partial charge in [-0.15, -0.1) is 0 Å². The summed E-state index contributed by atoms with van der Waals surface area (Å²) in [5.74, 6) is 0. The Balaban J connectivity index is 0. The Kier molecular flexibility index (Phi) is 34.0. The summed E-state index contributed by atoms with van der Waals surface area (Å²) in [7, 11) is 9.47. The van der Waals surface area contributed by atoms with Crippen LogP contribution in [0.2, 0.25) is 0 Å². The first-order valence-corrected chi connectivity index (χ1v) is 4.34. The van der Waals surface area contributed by atoms with Crippen LogP contribution in [0.25, 0.3) is 0 Å². The Labute approximate surface area is 58.8 Å². The zero-order valence-corrected chi connectivity index (χ0v) is 7.05. The van der Waals surface area contributed by atoms with Crippen molar-refractivity contribution in [3.05, 3.63) is 0 Å². The molecular weight excluding hydrogens is 268 g/mol. The number of hydrogen-bond donors (Lipinski definition) is 0. The summed E-state index contributed by atoms with van der Waals surface area (Å²) in [5.41, 5.74) is 0. The van der Waals surface area contributed by atoms with Crippen molar-refractivity contribution in [3.63, 3.8) is 0 Å². The average Bonchev–Trinajstić information content (AvgIpc) is 1.46. The molecule has 0 aromatic carbocycles. The second-order valence-electron chi connectivity index (χ2n) is 0.0476. The Morgan fingerprint density at radius 1 is 1.40 bits per heavy atom. The zero-order chi connectivity index (χ0) is 4.71. The normalized spacial score (nSPS) is 5.20. The third-order valence-corrected chi connectivity index (χ3v) is 0. The van der Waals surface area contributed by atoms with E-state index in [1.54, 1.807) is 0 Å². The average molecular weight is 268 g/mol. The van der Waals surface area contributed by atoms with Crippen molar-refractivity contribution in [3.8, 4) is 0 Å². The van der Waals surface area contributed by atoms with Gasteiger partial charge in [0.1, 0.15) is 0 Å². The van der Waals surface area contributed by atoms with E-state index in [-0.39, 0.29) is 0 Å². The van der Waals surface area contributed by atoms with Gasteiger partial charge < -0.3 is 0 Å². The van der Waals surface area contributed by atoms with Crippen LogP contribution >= 0.6 is 20.3 Å². The van der Waals surface area contributed by atoms with E-state index >= 15 is 0 Å². The molecule has 0 amide bonds. The van der Waals surface area contributed by atoms with E-state index in [2.05, 4.69) is 0 Å². The molecule has 0 heterocycles. The van der Waals surface area contributed by atoms with Crippen molar-refractivity contribution in [2.24, 2.45) is 0 Å². The van der Waals surface area contributed by atoms with Gasteiger partial charge in [-0.1, -0.05) is 0 Å². The number of halogens is 2. The number of hydrogen-bond acceptors (Lipinski definition) is 1. The maximum absolute atomic E-state index is 8.30. The van der Waals surface area contributed by atoms with Gasteiger partial charge >= 0.3 is 59.2 Å². The molecule has 0 saturated heterocycles. The van der Waals surface area contributed by atoms with Crippen LogP contribution in [0.15, 0.2) is 0 Å². The molecule has 0 aliphatic carbocycles. The fraction of sp³-hybridized carbons (Fsp3) is 0. The van der Waals surface area contributed by atoms with E-state index in [1.165, 1.54) is 0 Å². The molecule has 34 valence electrons. The molecule has 0 saturated carbocycles. The van der Waals surface area contributed by atoms with Crippen LogP contribution in [-0.4, -0.2) is 23.0 Å². The first kappa shape index (κ1) is 9.86. The monoisotopic (exact) mass is 266 g/mol. The van der Waals surface area contributed by atoms with Crippen molar-refractivity contribution in [2.45, 2.75) is 0 Å². The van der Waals surface area contributed by atoms with Crippen LogP contribution in [0.4, 0.5) is 0 Å². The summed E-state index contributed by atoms with van der Waals surface area (Å²) in [4.78, 5) is 0. The fourth-order valence-electron chi connectivity index (χ4n) is 0. The van der Waals surface area contributed by atoms with Gasteiger partial charge in [0, 0.05) is 0 Å². The molecule has 0 aromatic rings. The summed E-state index contributed by atoms with van der Waals surface area (Å²) < 4.78 is 8.30. The molecule has 0 aromatic heterocycles. The van der Waals surface area contributed by atoms with E-state index in [4.69, 9.17) is 23.3 Å². The molecule has 0 spiro atoms. The standard InChI is InChI=1S/2ClH.Co.O.Sb/h2*1H;;;/q;;+2;;/p-2. The summed E-state index contributed by atoms with van der Waals surface area (Å²) in [5, 5.41) is 0. The van der Waals surface area contributed by atoms with Gasteiger partial charge in [0.2, 0.25) is 0 Å². The summed E-state index contributed by atoms with van der Waals surface area (Å²) >= 11 is 0.882. The Morgan fingerprint density at radius 3 is 1.40 bits per heavy atom. The first-order valence-electron chi connectivity index (χ1n) is 0.435. The molecule has 5 heavy (non-hydrogen) atoms. The molecule has 0 aliphatic heterocycles. The Hall–Kier alpha value is 1.70. The predicted octanol–water partition coefficient (Wildman–Crippen LogP) is 0.877. The maximum atomic E-state index is 8.30. The van der Waals surface area contributed by atoms with Gasteiger partial charge in [-0.3, -0.25) is 0 Å². The van der Waals surface area contributed by atoms with Gasteiger partial charge in [-0.25, -0.2) is 0 Å². The molecule has 0 aliphatic rings. The molecule has 0 N–H and O–H groups in total. The van der Waals surface area contributed by atoms with E-state index in [9.17, 15) is 0 Å². The van der Waals surface area contributed by atoms with Gasteiger partial charge in [-0.2, -0.15) is 0 Å². The van der Waals surface area contributed by atoms with Crippen LogP contribution in [0.3, 0.4) is 0 Å². The molecule has 0 bridgehead atoms. The van der Waals surface area contributed by atoms with E-state index in [0.29, 0.717) is 35.9 Å². The third kappa shape index (κ3) is 26.9. The quantitative estimate of drug-likeness (QED) is 0.596. The molecular formula is Cl2CoOSb. The molecule has 0 rings (SSSR count). The van der Waals surface area contributed by atoms with Gasteiger partial charge in [0.05, 0.1) is 0 Å². The number of rotatable bonds is 0. The summed E-state index contributed by atoms with van der Waals surface area (Å²) in [6.45, 7) is 0. The Bertz CT molecular complexity index is 13.6. The van der Waals surface area contributed by atoms with Gasteiger partial charge in [0.25, 0.3) is 0 Å². The van der Waals surface area contributed by atoms with E-state index in [1.807, 2.05) is 0 Å². The molecule has 0 fully saturated rings.